The molecular formula is C21H18Br2N4O4. The van der Waals surface area contributed by atoms with Gasteiger partial charge >= 0.3 is 0 Å². The van der Waals surface area contributed by atoms with Gasteiger partial charge in [-0.05, 0) is 60.1 Å². The second-order valence-corrected chi connectivity index (χ2v) is 8.37. The number of carbonyl (C=O) groups excluding carboxylic acids is 1. The van der Waals surface area contributed by atoms with E-state index in [4.69, 9.17) is 4.74 Å². The van der Waals surface area contributed by atoms with Crippen molar-refractivity contribution in [2.75, 3.05) is 6.61 Å². The number of nitrogens with zero attached hydrogens (tertiary/aromatic N) is 3. The molecule has 0 unspecified atom stereocenters. The van der Waals surface area contributed by atoms with Crippen molar-refractivity contribution >= 4 is 49.7 Å². The number of aromatic nitrogens is 1. The monoisotopic (exact) mass is 548 g/mol. The van der Waals surface area contributed by atoms with Crippen molar-refractivity contribution in [1.29, 1.82) is 0 Å². The lowest BCUT2D eigenvalue weighted by Gasteiger charge is -2.09. The minimum atomic E-state index is -0.426. The second kappa shape index (κ2) is 9.88. The molecule has 2 aromatic carbocycles. The number of amides is 1. The molecule has 0 saturated heterocycles. The van der Waals surface area contributed by atoms with E-state index in [1.807, 2.05) is 36.6 Å². The number of aryl methyl sites for hydroxylation is 1. The van der Waals surface area contributed by atoms with Gasteiger partial charge in [0.05, 0.1) is 21.3 Å². The number of benzene rings is 2. The molecule has 1 heterocycles. The van der Waals surface area contributed by atoms with E-state index in [9.17, 15) is 14.9 Å². The van der Waals surface area contributed by atoms with Gasteiger partial charge in [0.2, 0.25) is 0 Å². The van der Waals surface area contributed by atoms with E-state index in [0.29, 0.717) is 11.4 Å². The molecule has 8 nitrogen and oxygen atoms in total. The highest BCUT2D eigenvalue weighted by Gasteiger charge is 2.13. The summed E-state index contributed by atoms with van der Waals surface area (Å²) < 4.78 is 8.99. The minimum absolute atomic E-state index is 0.0184. The zero-order valence-electron chi connectivity index (χ0n) is 16.6. The number of hydrazone groups is 1. The molecule has 0 spiro atoms. The van der Waals surface area contributed by atoms with Crippen LogP contribution in [0.15, 0.2) is 62.6 Å². The van der Waals surface area contributed by atoms with Gasteiger partial charge in [-0.25, -0.2) is 5.43 Å². The minimum Gasteiger partial charge on any atom is -0.483 e. The SMILES string of the molecule is Cc1cc(/C=N/NC(=O)COc2ccc(Br)cc2Br)c(C)n1-c1cccc([N+](=O)[O-])c1. The number of ether oxygens (including phenoxy) is 1. The normalized spacial score (nSPS) is 11.0. The van der Waals surface area contributed by atoms with Gasteiger partial charge in [0.25, 0.3) is 11.6 Å². The van der Waals surface area contributed by atoms with Crippen LogP contribution in [0.1, 0.15) is 17.0 Å². The van der Waals surface area contributed by atoms with Crippen molar-refractivity contribution in [3.05, 3.63) is 84.5 Å². The first kappa shape index (κ1) is 22.7. The Hall–Kier alpha value is -2.98. The van der Waals surface area contributed by atoms with Crippen LogP contribution in [-0.4, -0.2) is 28.2 Å². The first-order valence-corrected chi connectivity index (χ1v) is 10.7. The zero-order chi connectivity index (χ0) is 22.5. The van der Waals surface area contributed by atoms with E-state index in [0.717, 1.165) is 25.9 Å². The van der Waals surface area contributed by atoms with Crippen LogP contribution in [0.25, 0.3) is 5.69 Å². The lowest BCUT2D eigenvalue weighted by Crippen LogP contribution is -2.24. The summed E-state index contributed by atoms with van der Waals surface area (Å²) in [7, 11) is 0. The number of hydrogen-bond donors (Lipinski definition) is 1. The Kier molecular flexibility index (Phi) is 7.24. The van der Waals surface area contributed by atoms with Crippen molar-refractivity contribution in [2.45, 2.75) is 13.8 Å². The Balaban J connectivity index is 1.66. The average molecular weight is 550 g/mol. The van der Waals surface area contributed by atoms with Gasteiger partial charge in [0.1, 0.15) is 5.75 Å². The molecule has 0 radical (unpaired) electrons. The van der Waals surface area contributed by atoms with Crippen LogP contribution in [0.2, 0.25) is 0 Å². The van der Waals surface area contributed by atoms with E-state index in [1.165, 1.54) is 18.3 Å². The fraction of sp³-hybridized carbons (Fsp3) is 0.143. The van der Waals surface area contributed by atoms with Crippen molar-refractivity contribution < 1.29 is 14.5 Å². The fourth-order valence-corrected chi connectivity index (χ4v) is 4.16. The average Bonchev–Trinajstić information content (AvgIpc) is 3.00. The summed E-state index contributed by atoms with van der Waals surface area (Å²) in [5.74, 6) is 0.140. The zero-order valence-corrected chi connectivity index (χ0v) is 19.8. The molecule has 0 fully saturated rings. The van der Waals surface area contributed by atoms with Crippen molar-refractivity contribution in [2.24, 2.45) is 5.10 Å². The van der Waals surface area contributed by atoms with Gasteiger partial charge in [-0.15, -0.1) is 0 Å². The van der Waals surface area contributed by atoms with Crippen LogP contribution in [0.3, 0.4) is 0 Å². The third-order valence-corrected chi connectivity index (χ3v) is 5.53. The summed E-state index contributed by atoms with van der Waals surface area (Å²) >= 11 is 6.73. The molecule has 0 saturated carbocycles. The molecule has 10 heteroatoms. The maximum atomic E-state index is 12.0. The quantitative estimate of drug-likeness (QED) is 0.253. The summed E-state index contributed by atoms with van der Waals surface area (Å²) in [6, 6.07) is 13.7. The summed E-state index contributed by atoms with van der Waals surface area (Å²) in [6.07, 6.45) is 1.53. The molecular weight excluding hydrogens is 532 g/mol. The van der Waals surface area contributed by atoms with Crippen LogP contribution in [-0.2, 0) is 4.79 Å². The Labute approximate surface area is 195 Å². The molecule has 1 amide bonds. The van der Waals surface area contributed by atoms with Crippen molar-refractivity contribution in [3.8, 4) is 11.4 Å². The van der Waals surface area contributed by atoms with E-state index in [2.05, 4.69) is 42.4 Å². The smallest absolute Gasteiger partial charge is 0.277 e. The Morgan fingerprint density at radius 2 is 2.00 bits per heavy atom. The van der Waals surface area contributed by atoms with E-state index in [-0.39, 0.29) is 12.3 Å². The lowest BCUT2D eigenvalue weighted by atomic mass is 10.2. The number of non-ortho nitro benzene ring substituents is 1. The molecule has 1 aromatic heterocycles. The summed E-state index contributed by atoms with van der Waals surface area (Å²) in [5.41, 5.74) is 5.64. The van der Waals surface area contributed by atoms with Crippen LogP contribution in [0.5, 0.6) is 5.75 Å². The van der Waals surface area contributed by atoms with Crippen LogP contribution in [0.4, 0.5) is 5.69 Å². The number of nitro groups is 1. The maximum Gasteiger partial charge on any atom is 0.277 e. The number of hydrogen-bond acceptors (Lipinski definition) is 5. The third-order valence-electron chi connectivity index (χ3n) is 4.41. The molecule has 31 heavy (non-hydrogen) atoms. The van der Waals surface area contributed by atoms with Gasteiger partial charge < -0.3 is 9.30 Å². The van der Waals surface area contributed by atoms with Gasteiger partial charge in [-0.3, -0.25) is 14.9 Å². The molecule has 0 bridgehead atoms. The van der Waals surface area contributed by atoms with E-state index in [1.54, 1.807) is 18.2 Å². The highest BCUT2D eigenvalue weighted by Crippen LogP contribution is 2.28. The molecule has 1 N–H and O–H groups in total. The summed E-state index contributed by atoms with van der Waals surface area (Å²) in [6.45, 7) is 3.58. The molecule has 3 aromatic rings. The molecule has 0 atom stereocenters. The van der Waals surface area contributed by atoms with Gasteiger partial charge in [0, 0.05) is 33.6 Å². The molecule has 3 rings (SSSR count). The lowest BCUT2D eigenvalue weighted by molar-refractivity contribution is -0.384. The molecule has 0 aliphatic rings. The van der Waals surface area contributed by atoms with Crippen molar-refractivity contribution in [1.82, 2.24) is 9.99 Å². The van der Waals surface area contributed by atoms with Gasteiger partial charge in [0.15, 0.2) is 6.61 Å². The van der Waals surface area contributed by atoms with Crippen LogP contribution >= 0.6 is 31.9 Å². The largest absolute Gasteiger partial charge is 0.483 e. The Morgan fingerprint density at radius 1 is 1.23 bits per heavy atom. The van der Waals surface area contributed by atoms with E-state index < -0.39 is 10.8 Å². The number of nitro benzene ring substituents is 1. The summed E-state index contributed by atoms with van der Waals surface area (Å²) in [4.78, 5) is 22.7. The van der Waals surface area contributed by atoms with Gasteiger partial charge in [-0.1, -0.05) is 22.0 Å². The maximum absolute atomic E-state index is 12.0. The topological polar surface area (TPSA) is 98.8 Å². The fourth-order valence-electron chi connectivity index (χ4n) is 3.00. The predicted octanol–water partition coefficient (Wildman–Crippen LogP) is 5.06. The first-order valence-electron chi connectivity index (χ1n) is 9.10. The second-order valence-electron chi connectivity index (χ2n) is 6.60. The Morgan fingerprint density at radius 3 is 2.71 bits per heavy atom. The number of nitrogens with one attached hydrogen (secondary N) is 1. The summed E-state index contributed by atoms with van der Waals surface area (Å²) in [5, 5.41) is 15.1. The standard InChI is InChI=1S/C21H18Br2N4O4/c1-13-8-15(14(2)26(13)17-4-3-5-18(10-17)27(29)30)11-24-25-21(28)12-31-20-7-6-16(22)9-19(20)23/h3-11H,12H2,1-2H3,(H,25,28)/b24-11+. The van der Waals surface area contributed by atoms with Crippen molar-refractivity contribution in [3.63, 3.8) is 0 Å². The van der Waals surface area contributed by atoms with Gasteiger partial charge in [-0.2, -0.15) is 5.10 Å². The molecule has 0 aliphatic heterocycles. The van der Waals surface area contributed by atoms with E-state index >= 15 is 0 Å². The number of halogens is 2. The predicted molar refractivity (Wildman–Crippen MR) is 125 cm³/mol. The highest BCUT2D eigenvalue weighted by molar-refractivity contribution is 9.11. The molecule has 160 valence electrons. The number of rotatable bonds is 7. The first-order chi connectivity index (χ1) is 14.8. The third kappa shape index (κ3) is 5.59. The van der Waals surface area contributed by atoms with Crippen LogP contribution in [0, 0.1) is 24.0 Å². The molecule has 0 aliphatic carbocycles. The Bertz CT molecular complexity index is 1170. The van der Waals surface area contributed by atoms with Crippen LogP contribution < -0.4 is 10.2 Å². The highest BCUT2D eigenvalue weighted by atomic mass is 79.9. The number of carbonyl (C=O) groups is 1.